The Hall–Kier alpha value is -2.30. The molecule has 5 nitrogen and oxygen atoms in total. The fourth-order valence-electron chi connectivity index (χ4n) is 2.40. The molecule has 0 aromatic heterocycles. The lowest BCUT2D eigenvalue weighted by Gasteiger charge is -2.46. The van der Waals surface area contributed by atoms with E-state index >= 15 is 0 Å². The largest absolute Gasteiger partial charge is 0.481 e. The molecule has 1 aromatic rings. The van der Waals surface area contributed by atoms with E-state index in [9.17, 15) is 14.7 Å². The van der Waals surface area contributed by atoms with Gasteiger partial charge in [-0.25, -0.2) is 4.79 Å². The highest BCUT2D eigenvalue weighted by atomic mass is 16.6. The first-order valence-corrected chi connectivity index (χ1v) is 6.87. The standard InChI is InChI=1S/C16H19NO4/c1-2-3-9-16(14(18)19)11-17(12-16)15(20)21-10-13-7-5-4-6-8-13/h2,4-8H,1,3,9-12H2,(H,18,19). The molecule has 1 aliphatic rings. The fourth-order valence-corrected chi connectivity index (χ4v) is 2.40. The van der Waals surface area contributed by atoms with E-state index in [0.717, 1.165) is 5.56 Å². The average molecular weight is 289 g/mol. The number of carboxylic acid groups (broad SMARTS) is 1. The summed E-state index contributed by atoms with van der Waals surface area (Å²) in [4.78, 5) is 24.6. The zero-order valence-electron chi connectivity index (χ0n) is 11.8. The van der Waals surface area contributed by atoms with Gasteiger partial charge in [-0.3, -0.25) is 4.79 Å². The van der Waals surface area contributed by atoms with E-state index in [4.69, 9.17) is 4.74 Å². The van der Waals surface area contributed by atoms with Crippen LogP contribution in [0, 0.1) is 5.41 Å². The molecule has 1 fully saturated rings. The summed E-state index contributed by atoms with van der Waals surface area (Å²) in [6.45, 7) is 4.19. The Morgan fingerprint density at radius 1 is 1.33 bits per heavy atom. The molecule has 0 radical (unpaired) electrons. The van der Waals surface area contributed by atoms with Crippen molar-refractivity contribution in [2.24, 2.45) is 5.41 Å². The minimum Gasteiger partial charge on any atom is -0.481 e. The minimum atomic E-state index is -0.864. The molecule has 1 amide bonds. The normalized spacial score (nSPS) is 15.9. The van der Waals surface area contributed by atoms with Gasteiger partial charge in [-0.1, -0.05) is 36.4 Å². The van der Waals surface area contributed by atoms with Gasteiger partial charge in [-0.15, -0.1) is 6.58 Å². The van der Waals surface area contributed by atoms with Gasteiger partial charge in [0.05, 0.1) is 0 Å². The van der Waals surface area contributed by atoms with Crippen molar-refractivity contribution in [3.63, 3.8) is 0 Å². The van der Waals surface area contributed by atoms with Crippen LogP contribution in [-0.2, 0) is 16.1 Å². The molecule has 112 valence electrons. The number of ether oxygens (including phenoxy) is 1. The number of allylic oxidation sites excluding steroid dienone is 1. The average Bonchev–Trinajstić information content (AvgIpc) is 2.44. The topological polar surface area (TPSA) is 66.8 Å². The van der Waals surface area contributed by atoms with Crippen molar-refractivity contribution in [2.75, 3.05) is 13.1 Å². The molecule has 5 heteroatoms. The van der Waals surface area contributed by atoms with E-state index in [1.54, 1.807) is 6.08 Å². The van der Waals surface area contributed by atoms with Crippen LogP contribution in [-0.4, -0.2) is 35.2 Å². The molecule has 0 spiro atoms. The SMILES string of the molecule is C=CCCC1(C(=O)O)CN(C(=O)OCc2ccccc2)C1. The number of rotatable bonds is 6. The first-order valence-electron chi connectivity index (χ1n) is 6.87. The minimum absolute atomic E-state index is 0.197. The quantitative estimate of drug-likeness (QED) is 0.818. The van der Waals surface area contributed by atoms with Crippen LogP contribution in [0.25, 0.3) is 0 Å². The molecule has 1 aliphatic heterocycles. The molecular weight excluding hydrogens is 270 g/mol. The highest BCUT2D eigenvalue weighted by Gasteiger charge is 2.51. The van der Waals surface area contributed by atoms with Crippen molar-refractivity contribution in [1.82, 2.24) is 4.90 Å². The molecule has 1 saturated heterocycles. The van der Waals surface area contributed by atoms with Gasteiger partial charge >= 0.3 is 12.1 Å². The van der Waals surface area contributed by atoms with Crippen LogP contribution < -0.4 is 0 Å². The van der Waals surface area contributed by atoms with E-state index in [2.05, 4.69) is 6.58 Å². The van der Waals surface area contributed by atoms with Crippen LogP contribution in [0.15, 0.2) is 43.0 Å². The lowest BCUT2D eigenvalue weighted by molar-refractivity contribution is -0.159. The van der Waals surface area contributed by atoms with Crippen molar-refractivity contribution in [3.05, 3.63) is 48.6 Å². The van der Waals surface area contributed by atoms with Crippen molar-refractivity contribution < 1.29 is 19.4 Å². The van der Waals surface area contributed by atoms with E-state index in [0.29, 0.717) is 12.8 Å². The van der Waals surface area contributed by atoms with Crippen LogP contribution in [0.3, 0.4) is 0 Å². The van der Waals surface area contributed by atoms with E-state index < -0.39 is 17.5 Å². The van der Waals surface area contributed by atoms with Gasteiger partial charge in [0, 0.05) is 13.1 Å². The predicted molar refractivity (Wildman–Crippen MR) is 77.7 cm³/mol. The van der Waals surface area contributed by atoms with Crippen molar-refractivity contribution in [1.29, 1.82) is 0 Å². The lowest BCUT2D eigenvalue weighted by Crippen LogP contribution is -2.62. The highest BCUT2D eigenvalue weighted by molar-refractivity contribution is 5.80. The summed E-state index contributed by atoms with van der Waals surface area (Å²) in [6.07, 6.45) is 2.35. The van der Waals surface area contributed by atoms with Crippen molar-refractivity contribution >= 4 is 12.1 Å². The first kappa shape index (κ1) is 15.1. The molecule has 1 aromatic carbocycles. The van der Waals surface area contributed by atoms with Crippen LogP contribution in [0.4, 0.5) is 4.79 Å². The second-order valence-corrected chi connectivity index (χ2v) is 5.31. The number of hydrogen-bond acceptors (Lipinski definition) is 3. The maximum absolute atomic E-state index is 11.9. The first-order chi connectivity index (χ1) is 10.1. The summed E-state index contributed by atoms with van der Waals surface area (Å²) in [5, 5.41) is 9.30. The summed E-state index contributed by atoms with van der Waals surface area (Å²) in [7, 11) is 0. The second kappa shape index (κ2) is 6.43. The molecule has 2 rings (SSSR count). The van der Waals surface area contributed by atoms with E-state index in [-0.39, 0.29) is 19.7 Å². The van der Waals surface area contributed by atoms with Gasteiger partial charge in [-0.05, 0) is 18.4 Å². The number of carboxylic acids is 1. The monoisotopic (exact) mass is 289 g/mol. The van der Waals surface area contributed by atoms with E-state index in [1.165, 1.54) is 4.90 Å². The van der Waals surface area contributed by atoms with Gasteiger partial charge in [0.15, 0.2) is 0 Å². The molecule has 0 unspecified atom stereocenters. The third-order valence-electron chi connectivity index (χ3n) is 3.73. The smallest absolute Gasteiger partial charge is 0.410 e. The van der Waals surface area contributed by atoms with Crippen LogP contribution in [0.1, 0.15) is 18.4 Å². The maximum atomic E-state index is 11.9. The van der Waals surface area contributed by atoms with Gasteiger partial charge in [0.25, 0.3) is 0 Å². The van der Waals surface area contributed by atoms with Crippen molar-refractivity contribution in [2.45, 2.75) is 19.4 Å². The van der Waals surface area contributed by atoms with Gasteiger partial charge in [0.1, 0.15) is 12.0 Å². The van der Waals surface area contributed by atoms with Crippen LogP contribution >= 0.6 is 0 Å². The molecule has 0 atom stereocenters. The number of hydrogen-bond donors (Lipinski definition) is 1. The number of carbonyl (C=O) groups is 2. The number of likely N-dealkylation sites (tertiary alicyclic amines) is 1. The Morgan fingerprint density at radius 3 is 2.57 bits per heavy atom. The fraction of sp³-hybridized carbons (Fsp3) is 0.375. The molecular formula is C16H19NO4. The van der Waals surface area contributed by atoms with E-state index in [1.807, 2.05) is 30.3 Å². The lowest BCUT2D eigenvalue weighted by atomic mass is 9.76. The number of carbonyl (C=O) groups excluding carboxylic acids is 1. The van der Waals surface area contributed by atoms with Gasteiger partial charge in [0.2, 0.25) is 0 Å². The Labute approximate surface area is 123 Å². The highest BCUT2D eigenvalue weighted by Crippen LogP contribution is 2.36. The number of aliphatic carboxylic acids is 1. The molecule has 0 bridgehead atoms. The molecule has 0 saturated carbocycles. The molecule has 1 heterocycles. The van der Waals surface area contributed by atoms with Gasteiger partial charge < -0.3 is 14.7 Å². The third kappa shape index (κ3) is 3.42. The number of nitrogens with zero attached hydrogens (tertiary/aromatic N) is 1. The number of benzene rings is 1. The second-order valence-electron chi connectivity index (χ2n) is 5.31. The Bertz CT molecular complexity index is 520. The Morgan fingerprint density at radius 2 is 2.00 bits per heavy atom. The summed E-state index contributed by atoms with van der Waals surface area (Å²) in [5.41, 5.74) is 0.0579. The molecule has 21 heavy (non-hydrogen) atoms. The Kier molecular flexibility index (Phi) is 4.62. The number of amides is 1. The predicted octanol–water partition coefficient (Wildman–Crippen LogP) is 2.68. The summed E-state index contributed by atoms with van der Waals surface area (Å²) in [6, 6.07) is 9.38. The van der Waals surface area contributed by atoms with Crippen LogP contribution in [0.5, 0.6) is 0 Å². The third-order valence-corrected chi connectivity index (χ3v) is 3.73. The summed E-state index contributed by atoms with van der Waals surface area (Å²) in [5.74, 6) is -0.864. The zero-order valence-corrected chi connectivity index (χ0v) is 11.8. The zero-order chi connectivity index (χ0) is 15.3. The molecule has 1 N–H and O–H groups in total. The maximum Gasteiger partial charge on any atom is 0.410 e. The summed E-state index contributed by atoms with van der Waals surface area (Å²) < 4.78 is 5.18. The van der Waals surface area contributed by atoms with Crippen LogP contribution in [0.2, 0.25) is 0 Å². The molecule has 0 aliphatic carbocycles. The Balaban J connectivity index is 1.83. The van der Waals surface area contributed by atoms with Gasteiger partial charge in [-0.2, -0.15) is 0 Å². The summed E-state index contributed by atoms with van der Waals surface area (Å²) >= 11 is 0. The van der Waals surface area contributed by atoms with Crippen molar-refractivity contribution in [3.8, 4) is 0 Å².